The summed E-state index contributed by atoms with van der Waals surface area (Å²) in [5.41, 5.74) is 4.51. The summed E-state index contributed by atoms with van der Waals surface area (Å²) in [6.45, 7) is 7.49. The number of nitrogens with one attached hydrogen (secondary N) is 1. The Hall–Kier alpha value is -2.12. The van der Waals surface area contributed by atoms with Crippen LogP contribution in [-0.2, 0) is 13.1 Å². The second-order valence-electron chi connectivity index (χ2n) is 7.84. The van der Waals surface area contributed by atoms with Crippen LogP contribution in [0.2, 0.25) is 10.0 Å². The van der Waals surface area contributed by atoms with Gasteiger partial charge in [-0.25, -0.2) is 0 Å². The first-order chi connectivity index (χ1) is 15.0. The molecule has 0 saturated carbocycles. The third kappa shape index (κ3) is 5.98. The molecule has 1 fully saturated rings. The van der Waals surface area contributed by atoms with Crippen molar-refractivity contribution in [3.05, 3.63) is 81.6 Å². The highest BCUT2D eigenvalue weighted by molar-refractivity contribution is 7.80. The van der Waals surface area contributed by atoms with Crippen LogP contribution >= 0.6 is 35.4 Å². The second kappa shape index (κ2) is 10.0. The van der Waals surface area contributed by atoms with Gasteiger partial charge in [0.2, 0.25) is 0 Å². The zero-order valence-electron chi connectivity index (χ0n) is 17.4. The molecule has 0 unspecified atom stereocenters. The molecule has 4 rings (SSSR count). The number of hydrogen-bond donors (Lipinski definition) is 1. The summed E-state index contributed by atoms with van der Waals surface area (Å²) < 4.78 is 1.83. The Morgan fingerprint density at radius 1 is 1.06 bits per heavy atom. The van der Waals surface area contributed by atoms with E-state index in [2.05, 4.69) is 51.4 Å². The summed E-state index contributed by atoms with van der Waals surface area (Å²) in [5, 5.41) is 9.73. The van der Waals surface area contributed by atoms with E-state index in [1.165, 1.54) is 11.1 Å². The smallest absolute Gasteiger partial charge is 0.173 e. The summed E-state index contributed by atoms with van der Waals surface area (Å²) in [7, 11) is 0. The highest BCUT2D eigenvalue weighted by Crippen LogP contribution is 2.22. The molecule has 31 heavy (non-hydrogen) atoms. The van der Waals surface area contributed by atoms with E-state index in [0.29, 0.717) is 16.6 Å². The van der Waals surface area contributed by atoms with Gasteiger partial charge in [0, 0.05) is 49.0 Å². The lowest BCUT2D eigenvalue weighted by atomic mass is 10.1. The maximum Gasteiger partial charge on any atom is 0.173 e. The normalized spacial score (nSPS) is 14.6. The number of hydrogen-bond acceptors (Lipinski definition) is 3. The number of aryl methyl sites for hydroxylation is 1. The van der Waals surface area contributed by atoms with Crippen molar-refractivity contribution in [3.63, 3.8) is 0 Å². The molecule has 1 saturated heterocycles. The second-order valence-corrected chi connectivity index (χ2v) is 9.08. The third-order valence-electron chi connectivity index (χ3n) is 5.38. The van der Waals surface area contributed by atoms with Crippen molar-refractivity contribution in [1.82, 2.24) is 19.6 Å². The molecule has 3 aromatic rings. The average Bonchev–Trinajstić information content (AvgIpc) is 3.17. The van der Waals surface area contributed by atoms with E-state index in [1.807, 2.05) is 23.0 Å². The predicted octanol–water partition coefficient (Wildman–Crippen LogP) is 5.06. The Labute approximate surface area is 198 Å². The molecule has 0 atom stereocenters. The molecule has 0 bridgehead atoms. The van der Waals surface area contributed by atoms with E-state index >= 15 is 0 Å². The SMILES string of the molecule is Cc1cccc(CN2CCN(C(=S)Nc3cnn(Cc4ccc(Cl)cc4Cl)c3)CC2)c1. The molecule has 2 heterocycles. The largest absolute Gasteiger partial charge is 0.346 e. The lowest BCUT2D eigenvalue weighted by Gasteiger charge is -2.36. The number of piperazine rings is 1. The minimum atomic E-state index is 0.572. The molecule has 162 valence electrons. The van der Waals surface area contributed by atoms with E-state index in [4.69, 9.17) is 35.4 Å². The molecule has 0 aliphatic carbocycles. The standard InChI is InChI=1S/C23H25Cl2N5S/c1-17-3-2-4-18(11-17)14-28-7-9-29(10-8-28)23(31)27-21-13-26-30(16-21)15-19-5-6-20(24)12-22(19)25/h2-6,11-13,16H,7-10,14-15H2,1H3,(H,27,31). The lowest BCUT2D eigenvalue weighted by molar-refractivity contribution is 0.177. The summed E-state index contributed by atoms with van der Waals surface area (Å²) in [6.07, 6.45) is 3.72. The minimum Gasteiger partial charge on any atom is -0.346 e. The maximum absolute atomic E-state index is 6.27. The van der Waals surface area contributed by atoms with Crippen LogP contribution in [0, 0.1) is 6.92 Å². The number of thiocarbonyl (C=S) groups is 1. The van der Waals surface area contributed by atoms with Crippen molar-refractivity contribution >= 4 is 46.2 Å². The Morgan fingerprint density at radius 2 is 1.87 bits per heavy atom. The molecule has 1 aliphatic heterocycles. The van der Waals surface area contributed by atoms with Crippen LogP contribution in [0.1, 0.15) is 16.7 Å². The molecule has 1 aromatic heterocycles. The van der Waals surface area contributed by atoms with Gasteiger partial charge in [-0.15, -0.1) is 0 Å². The minimum absolute atomic E-state index is 0.572. The zero-order chi connectivity index (χ0) is 21.8. The molecular formula is C23H25Cl2N5S. The van der Waals surface area contributed by atoms with Gasteiger partial charge in [0.25, 0.3) is 0 Å². The monoisotopic (exact) mass is 473 g/mol. The summed E-state index contributed by atoms with van der Waals surface area (Å²) in [5.74, 6) is 0. The molecule has 1 N–H and O–H groups in total. The van der Waals surface area contributed by atoms with Gasteiger partial charge in [0.15, 0.2) is 5.11 Å². The first-order valence-electron chi connectivity index (χ1n) is 10.3. The molecule has 5 nitrogen and oxygen atoms in total. The van der Waals surface area contributed by atoms with Gasteiger partial charge in [-0.3, -0.25) is 9.58 Å². The Balaban J connectivity index is 1.27. The fourth-order valence-corrected chi connectivity index (χ4v) is 4.49. The predicted molar refractivity (Wildman–Crippen MR) is 132 cm³/mol. The Kier molecular flexibility index (Phi) is 7.13. The fourth-order valence-electron chi connectivity index (χ4n) is 3.72. The van der Waals surface area contributed by atoms with Gasteiger partial charge >= 0.3 is 0 Å². The van der Waals surface area contributed by atoms with Crippen LogP contribution in [0.4, 0.5) is 5.69 Å². The number of halogens is 2. The molecule has 0 amide bonds. The van der Waals surface area contributed by atoms with Crippen LogP contribution in [-0.4, -0.2) is 50.9 Å². The van der Waals surface area contributed by atoms with E-state index < -0.39 is 0 Å². The van der Waals surface area contributed by atoms with Crippen LogP contribution in [0.15, 0.2) is 54.9 Å². The molecule has 0 radical (unpaired) electrons. The van der Waals surface area contributed by atoms with Crippen molar-refractivity contribution in [2.75, 3.05) is 31.5 Å². The van der Waals surface area contributed by atoms with Crippen molar-refractivity contribution < 1.29 is 0 Å². The average molecular weight is 474 g/mol. The summed E-state index contributed by atoms with van der Waals surface area (Å²) in [4.78, 5) is 4.69. The van der Waals surface area contributed by atoms with Gasteiger partial charge in [0.05, 0.1) is 18.4 Å². The number of benzene rings is 2. The van der Waals surface area contributed by atoms with Gasteiger partial charge < -0.3 is 10.2 Å². The number of anilines is 1. The first kappa shape index (κ1) is 22.1. The first-order valence-corrected chi connectivity index (χ1v) is 11.4. The molecular weight excluding hydrogens is 449 g/mol. The molecule has 8 heteroatoms. The number of aromatic nitrogens is 2. The van der Waals surface area contributed by atoms with Crippen molar-refractivity contribution in [2.45, 2.75) is 20.0 Å². The fraction of sp³-hybridized carbons (Fsp3) is 0.304. The third-order valence-corrected chi connectivity index (χ3v) is 6.33. The lowest BCUT2D eigenvalue weighted by Crippen LogP contribution is -2.49. The van der Waals surface area contributed by atoms with Crippen LogP contribution in [0.3, 0.4) is 0 Å². The maximum atomic E-state index is 6.27. The Morgan fingerprint density at radius 3 is 2.61 bits per heavy atom. The highest BCUT2D eigenvalue weighted by Gasteiger charge is 2.19. The van der Waals surface area contributed by atoms with Crippen LogP contribution < -0.4 is 5.32 Å². The van der Waals surface area contributed by atoms with Crippen molar-refractivity contribution in [2.24, 2.45) is 0 Å². The van der Waals surface area contributed by atoms with E-state index in [0.717, 1.165) is 49.1 Å². The number of nitrogens with zero attached hydrogens (tertiary/aromatic N) is 4. The van der Waals surface area contributed by atoms with Gasteiger partial charge in [-0.1, -0.05) is 59.1 Å². The van der Waals surface area contributed by atoms with E-state index in [9.17, 15) is 0 Å². The van der Waals surface area contributed by atoms with Crippen molar-refractivity contribution in [3.8, 4) is 0 Å². The summed E-state index contributed by atoms with van der Waals surface area (Å²) in [6, 6.07) is 14.2. The van der Waals surface area contributed by atoms with E-state index in [-0.39, 0.29) is 0 Å². The zero-order valence-corrected chi connectivity index (χ0v) is 19.7. The van der Waals surface area contributed by atoms with Gasteiger partial charge in [0.1, 0.15) is 0 Å². The molecule has 0 spiro atoms. The number of rotatable bonds is 5. The van der Waals surface area contributed by atoms with E-state index in [1.54, 1.807) is 12.3 Å². The van der Waals surface area contributed by atoms with Crippen LogP contribution in [0.25, 0.3) is 0 Å². The summed E-state index contributed by atoms with van der Waals surface area (Å²) >= 11 is 17.9. The molecule has 1 aliphatic rings. The Bertz CT molecular complexity index is 1060. The van der Waals surface area contributed by atoms with Crippen LogP contribution in [0.5, 0.6) is 0 Å². The van der Waals surface area contributed by atoms with Gasteiger partial charge in [-0.05, 0) is 42.4 Å². The van der Waals surface area contributed by atoms with Gasteiger partial charge in [-0.2, -0.15) is 5.10 Å². The molecule has 2 aromatic carbocycles. The topological polar surface area (TPSA) is 36.3 Å². The van der Waals surface area contributed by atoms with Crippen molar-refractivity contribution in [1.29, 1.82) is 0 Å². The highest BCUT2D eigenvalue weighted by atomic mass is 35.5. The quantitative estimate of drug-likeness (QED) is 0.523.